The van der Waals surface area contributed by atoms with Gasteiger partial charge in [0.05, 0.1) is 10.6 Å². The van der Waals surface area contributed by atoms with E-state index in [1.165, 1.54) is 28.8 Å². The van der Waals surface area contributed by atoms with Crippen molar-refractivity contribution < 1.29 is 13.9 Å². The molecule has 4 aromatic rings. The Balaban J connectivity index is 1.54. The van der Waals surface area contributed by atoms with E-state index in [-0.39, 0.29) is 5.91 Å². The summed E-state index contributed by atoms with van der Waals surface area (Å²) >= 11 is 6.65. The maximum atomic E-state index is 13.8. The summed E-state index contributed by atoms with van der Waals surface area (Å²) in [5.41, 5.74) is 2.28. The topological polar surface area (TPSA) is 29.5 Å². The molecule has 1 fully saturated rings. The number of benzene rings is 4. The maximum Gasteiger partial charge on any atom is 0.270 e. The van der Waals surface area contributed by atoms with Crippen molar-refractivity contribution in [2.75, 3.05) is 4.90 Å². The van der Waals surface area contributed by atoms with Gasteiger partial charge in [-0.1, -0.05) is 90.7 Å². The molecule has 1 saturated heterocycles. The number of anilines is 1. The highest BCUT2D eigenvalue weighted by Gasteiger charge is 2.33. The van der Waals surface area contributed by atoms with Crippen molar-refractivity contribution in [1.29, 1.82) is 0 Å². The van der Waals surface area contributed by atoms with Gasteiger partial charge in [-0.3, -0.25) is 9.69 Å². The molecule has 1 aliphatic heterocycles. The minimum absolute atomic E-state index is 0.280. The van der Waals surface area contributed by atoms with Crippen molar-refractivity contribution in [3.05, 3.63) is 113 Å². The van der Waals surface area contributed by atoms with E-state index in [0.717, 1.165) is 21.9 Å². The van der Waals surface area contributed by atoms with Gasteiger partial charge in [0.1, 0.15) is 18.2 Å². The lowest BCUT2D eigenvalue weighted by atomic mass is 10.0. The molecule has 0 spiro atoms. The molecule has 0 aromatic heterocycles. The van der Waals surface area contributed by atoms with Crippen LogP contribution < -0.4 is 9.64 Å². The molecule has 33 heavy (non-hydrogen) atoms. The number of carbonyl (C=O) groups is 1. The summed E-state index contributed by atoms with van der Waals surface area (Å²) in [5, 5.41) is 2.01. The van der Waals surface area contributed by atoms with Crippen LogP contribution >= 0.6 is 24.0 Å². The monoisotopic (exact) mass is 471 g/mol. The summed E-state index contributed by atoms with van der Waals surface area (Å²) in [6.45, 7) is 0.407. The normalized spacial score (nSPS) is 14.9. The molecule has 0 unspecified atom stereocenters. The average molecular weight is 472 g/mol. The molecule has 0 bridgehead atoms. The van der Waals surface area contributed by atoms with Gasteiger partial charge in [-0.25, -0.2) is 4.39 Å². The van der Waals surface area contributed by atoms with Gasteiger partial charge in [0.25, 0.3) is 5.91 Å². The molecule has 0 aliphatic carbocycles. The van der Waals surface area contributed by atoms with E-state index in [1.54, 1.807) is 12.1 Å². The second kappa shape index (κ2) is 9.17. The predicted molar refractivity (Wildman–Crippen MR) is 137 cm³/mol. The Morgan fingerprint density at radius 2 is 1.73 bits per heavy atom. The number of hydrogen-bond donors (Lipinski definition) is 0. The van der Waals surface area contributed by atoms with Crippen LogP contribution in [0.4, 0.5) is 10.1 Å². The number of ether oxygens (including phenoxy) is 1. The molecule has 0 radical (unpaired) electrons. The van der Waals surface area contributed by atoms with Crippen LogP contribution in [-0.4, -0.2) is 10.2 Å². The van der Waals surface area contributed by atoms with E-state index < -0.39 is 5.82 Å². The number of hydrogen-bond acceptors (Lipinski definition) is 4. The third-order valence-electron chi connectivity index (χ3n) is 5.30. The number of fused-ring (bicyclic) bond motifs is 1. The fourth-order valence-corrected chi connectivity index (χ4v) is 5.00. The van der Waals surface area contributed by atoms with Crippen LogP contribution in [0.5, 0.6) is 5.75 Å². The Hall–Kier alpha value is -3.48. The van der Waals surface area contributed by atoms with Crippen molar-refractivity contribution >= 4 is 56.7 Å². The summed E-state index contributed by atoms with van der Waals surface area (Å²) in [7, 11) is 0. The number of nitrogens with zero attached hydrogens (tertiary/aromatic N) is 1. The number of rotatable bonds is 5. The summed E-state index contributed by atoms with van der Waals surface area (Å²) in [6, 6.07) is 27.7. The maximum absolute atomic E-state index is 13.8. The van der Waals surface area contributed by atoms with Crippen LogP contribution in [0.1, 0.15) is 11.1 Å². The van der Waals surface area contributed by atoms with Gasteiger partial charge >= 0.3 is 0 Å². The molecule has 5 rings (SSSR count). The van der Waals surface area contributed by atoms with Crippen LogP contribution in [0.3, 0.4) is 0 Å². The van der Waals surface area contributed by atoms with Crippen LogP contribution in [0.25, 0.3) is 16.8 Å². The molecular formula is C27H18FNO2S2. The van der Waals surface area contributed by atoms with Gasteiger partial charge < -0.3 is 4.74 Å². The summed E-state index contributed by atoms with van der Waals surface area (Å²) in [4.78, 5) is 15.1. The largest absolute Gasteiger partial charge is 0.488 e. The first-order valence-electron chi connectivity index (χ1n) is 10.3. The van der Waals surface area contributed by atoms with E-state index >= 15 is 0 Å². The zero-order chi connectivity index (χ0) is 22.8. The quantitative estimate of drug-likeness (QED) is 0.232. The van der Waals surface area contributed by atoms with Gasteiger partial charge in [-0.05, 0) is 46.7 Å². The smallest absolute Gasteiger partial charge is 0.270 e. The van der Waals surface area contributed by atoms with Crippen molar-refractivity contribution in [3.8, 4) is 5.75 Å². The van der Waals surface area contributed by atoms with E-state index in [9.17, 15) is 9.18 Å². The standard InChI is InChI=1S/C27H18FNO2S2/c28-20-10-6-11-21(15-20)29-26(30)25(33-27(29)32)16-23-22-12-5-4-9-19(22)13-14-24(23)31-17-18-7-2-1-3-8-18/h1-16H,17H2/b25-16-. The zero-order valence-corrected chi connectivity index (χ0v) is 19.0. The minimum atomic E-state index is -0.420. The van der Waals surface area contributed by atoms with E-state index in [0.29, 0.717) is 27.3 Å². The lowest BCUT2D eigenvalue weighted by molar-refractivity contribution is -0.113. The highest BCUT2D eigenvalue weighted by molar-refractivity contribution is 8.27. The molecule has 0 atom stereocenters. The minimum Gasteiger partial charge on any atom is -0.488 e. The van der Waals surface area contributed by atoms with E-state index in [1.807, 2.05) is 72.8 Å². The molecular weight excluding hydrogens is 453 g/mol. The van der Waals surface area contributed by atoms with Gasteiger partial charge in [0.2, 0.25) is 0 Å². The van der Waals surface area contributed by atoms with Crippen LogP contribution in [0.2, 0.25) is 0 Å². The van der Waals surface area contributed by atoms with Crippen LogP contribution in [-0.2, 0) is 11.4 Å². The van der Waals surface area contributed by atoms with Gasteiger partial charge in [0.15, 0.2) is 4.32 Å². The summed E-state index contributed by atoms with van der Waals surface area (Å²) in [6.07, 6.45) is 1.82. The molecule has 4 aromatic carbocycles. The molecule has 6 heteroatoms. The lowest BCUT2D eigenvalue weighted by Gasteiger charge is -2.14. The fourth-order valence-electron chi connectivity index (χ4n) is 3.72. The van der Waals surface area contributed by atoms with Crippen molar-refractivity contribution in [3.63, 3.8) is 0 Å². The number of thioether (sulfide) groups is 1. The SMILES string of the molecule is O=C1/C(=C/c2c(OCc3ccccc3)ccc3ccccc23)SC(=S)N1c1cccc(F)c1. The Kier molecular flexibility index (Phi) is 5.94. The Labute approximate surface area is 200 Å². The Morgan fingerprint density at radius 3 is 2.55 bits per heavy atom. The number of amides is 1. The second-order valence-corrected chi connectivity index (χ2v) is 9.15. The molecule has 0 saturated carbocycles. The molecule has 3 nitrogen and oxygen atoms in total. The molecule has 0 N–H and O–H groups in total. The van der Waals surface area contributed by atoms with Crippen LogP contribution in [0, 0.1) is 5.82 Å². The average Bonchev–Trinajstić information content (AvgIpc) is 3.11. The Bertz CT molecular complexity index is 1400. The van der Waals surface area contributed by atoms with Crippen molar-refractivity contribution in [2.24, 2.45) is 0 Å². The zero-order valence-electron chi connectivity index (χ0n) is 17.4. The summed E-state index contributed by atoms with van der Waals surface area (Å²) in [5.74, 6) is -0.0256. The van der Waals surface area contributed by atoms with Gasteiger partial charge in [0, 0.05) is 5.56 Å². The summed E-state index contributed by atoms with van der Waals surface area (Å²) < 4.78 is 20.3. The second-order valence-electron chi connectivity index (χ2n) is 7.47. The highest BCUT2D eigenvalue weighted by atomic mass is 32.2. The third-order valence-corrected chi connectivity index (χ3v) is 6.61. The first-order chi connectivity index (χ1) is 16.1. The lowest BCUT2D eigenvalue weighted by Crippen LogP contribution is -2.27. The number of halogens is 1. The number of carbonyl (C=O) groups excluding carboxylic acids is 1. The molecule has 1 aliphatic rings. The number of thiocarbonyl (C=S) groups is 1. The third kappa shape index (κ3) is 4.40. The van der Waals surface area contributed by atoms with Crippen LogP contribution in [0.15, 0.2) is 95.9 Å². The molecule has 1 heterocycles. The molecule has 162 valence electrons. The fraction of sp³-hybridized carbons (Fsp3) is 0.0370. The predicted octanol–water partition coefficient (Wildman–Crippen LogP) is 6.96. The first kappa shape index (κ1) is 21.4. The Morgan fingerprint density at radius 1 is 0.939 bits per heavy atom. The first-order valence-corrected chi connectivity index (χ1v) is 11.5. The van der Waals surface area contributed by atoms with Crippen molar-refractivity contribution in [1.82, 2.24) is 0 Å². The van der Waals surface area contributed by atoms with E-state index in [4.69, 9.17) is 17.0 Å². The van der Waals surface area contributed by atoms with Gasteiger partial charge in [-0.2, -0.15) is 0 Å². The highest BCUT2D eigenvalue weighted by Crippen LogP contribution is 2.39. The van der Waals surface area contributed by atoms with Crippen molar-refractivity contribution in [2.45, 2.75) is 6.61 Å². The van der Waals surface area contributed by atoms with E-state index in [2.05, 4.69) is 0 Å². The molecule has 1 amide bonds. The van der Waals surface area contributed by atoms with Gasteiger partial charge in [-0.15, -0.1) is 0 Å².